The molecule has 1 aromatic carbocycles. The second-order valence-electron chi connectivity index (χ2n) is 36.7. The lowest BCUT2D eigenvalue weighted by atomic mass is 9.33. The number of allylic oxidation sites excluding steroid dienone is 2. The summed E-state index contributed by atoms with van der Waals surface area (Å²) in [7, 11) is 0. The Labute approximate surface area is 680 Å². The van der Waals surface area contributed by atoms with E-state index in [9.17, 15) is 107 Å². The van der Waals surface area contributed by atoms with Crippen molar-refractivity contribution in [2.75, 3.05) is 38.8 Å². The zero-order valence-electron chi connectivity index (χ0n) is 67.5. The van der Waals surface area contributed by atoms with Crippen molar-refractivity contribution in [2.24, 2.45) is 50.2 Å². The van der Waals surface area contributed by atoms with Crippen molar-refractivity contribution in [3.63, 3.8) is 0 Å². The van der Waals surface area contributed by atoms with Crippen LogP contribution in [0.15, 0.2) is 35.9 Å². The first kappa shape index (κ1) is 91.6. The number of esters is 2. The first-order chi connectivity index (χ1) is 55.4. The number of hydrogen-bond acceptors (Lipinski definition) is 38. The lowest BCUT2D eigenvalue weighted by Gasteiger charge is -2.72. The number of benzene rings is 1. The van der Waals surface area contributed by atoms with Crippen LogP contribution in [0.3, 0.4) is 0 Å². The molecule has 11 fully saturated rings. The fraction of sp³-hybridized carbons (Fsp3) is 0.861. The van der Waals surface area contributed by atoms with Gasteiger partial charge in [0.1, 0.15) is 152 Å². The molecule has 0 unspecified atom stereocenters. The molecule has 13 rings (SSSR count). The summed E-state index contributed by atoms with van der Waals surface area (Å²) in [5.74, 6) is -3.83. The molecule has 1 aromatic rings. The predicted molar refractivity (Wildman–Crippen MR) is 394 cm³/mol. The molecule has 22 N–H and O–H groups in total. The van der Waals surface area contributed by atoms with Gasteiger partial charge in [-0.25, -0.2) is 4.79 Å². The van der Waals surface area contributed by atoms with E-state index in [-0.39, 0.29) is 35.9 Å². The van der Waals surface area contributed by atoms with E-state index in [0.717, 1.165) is 5.57 Å². The molecule has 43 atom stereocenters. The number of nitrogen functional groups attached to an aromatic ring is 1. The van der Waals surface area contributed by atoms with Gasteiger partial charge in [0.2, 0.25) is 12.2 Å². The molecule has 7 saturated heterocycles. The van der Waals surface area contributed by atoms with Crippen LogP contribution in [0.1, 0.15) is 131 Å². The number of aliphatic hydroxyl groups excluding tert-OH is 19. The van der Waals surface area contributed by atoms with E-state index >= 15 is 4.79 Å². The fourth-order valence-corrected chi connectivity index (χ4v) is 21.6. The molecular weight excluding hydrogens is 1570 g/mol. The zero-order valence-corrected chi connectivity index (χ0v) is 67.5. The second kappa shape index (κ2) is 35.0. The Kier molecular flexibility index (Phi) is 27.2. The average Bonchev–Trinajstić information content (AvgIpc) is 0.667. The minimum absolute atomic E-state index is 0.0119. The van der Waals surface area contributed by atoms with E-state index in [1.54, 1.807) is 12.1 Å². The number of fused-ring (bicyclic) bond motifs is 7. The molecule has 12 aliphatic rings. The van der Waals surface area contributed by atoms with Gasteiger partial charge < -0.3 is 179 Å². The van der Waals surface area contributed by atoms with Crippen molar-refractivity contribution >= 4 is 23.5 Å². The topological polar surface area (TPSA) is 612 Å². The van der Waals surface area contributed by atoms with Gasteiger partial charge in [0.15, 0.2) is 43.8 Å². The number of nitrogens with two attached hydrogens (primary N) is 1. The van der Waals surface area contributed by atoms with Gasteiger partial charge in [0, 0.05) is 24.4 Å². The summed E-state index contributed by atoms with van der Waals surface area (Å²) in [6.45, 7) is 15.3. The van der Waals surface area contributed by atoms with Gasteiger partial charge in [-0.1, -0.05) is 72.2 Å². The molecule has 39 heteroatoms. The van der Waals surface area contributed by atoms with Crippen molar-refractivity contribution in [3.05, 3.63) is 41.5 Å². The van der Waals surface area contributed by atoms with E-state index in [1.807, 2.05) is 13.8 Å². The summed E-state index contributed by atoms with van der Waals surface area (Å²) in [6, 6.07) is 4.87. The third-order valence-corrected chi connectivity index (χ3v) is 28.9. The Hall–Kier alpha value is -4.11. The number of para-hydroxylation sites is 1. The maximum atomic E-state index is 16.6. The number of hydrogen-bond donors (Lipinski definition) is 21. The van der Waals surface area contributed by atoms with Crippen LogP contribution >= 0.6 is 0 Å². The molecule has 5 aliphatic carbocycles. The lowest BCUT2D eigenvalue weighted by Crippen LogP contribution is -2.70. The van der Waals surface area contributed by atoms with E-state index < -0.39 is 317 Å². The highest BCUT2D eigenvalue weighted by molar-refractivity contribution is 5.95. The van der Waals surface area contributed by atoms with Gasteiger partial charge in [0.05, 0.1) is 63.0 Å². The van der Waals surface area contributed by atoms with E-state index in [0.29, 0.717) is 32.1 Å². The number of carbonyl (C=O) groups is 3. The molecule has 118 heavy (non-hydrogen) atoms. The third kappa shape index (κ3) is 16.4. The molecule has 670 valence electrons. The smallest absolute Gasteiger partial charge is 0.340 e. The van der Waals surface area contributed by atoms with Gasteiger partial charge in [-0.2, -0.15) is 0 Å². The second-order valence-corrected chi connectivity index (χ2v) is 36.7. The highest BCUT2D eigenvalue weighted by Gasteiger charge is 2.74. The van der Waals surface area contributed by atoms with Gasteiger partial charge in [0.25, 0.3) is 0 Å². The van der Waals surface area contributed by atoms with Crippen molar-refractivity contribution in [1.82, 2.24) is 5.32 Å². The number of anilines is 1. The molecule has 0 radical (unpaired) electrons. The average molecular weight is 1690 g/mol. The molecule has 0 spiro atoms. The largest absolute Gasteiger partial charge is 0.458 e. The van der Waals surface area contributed by atoms with E-state index in [2.05, 4.69) is 46.0 Å². The van der Waals surface area contributed by atoms with Gasteiger partial charge in [-0.15, -0.1) is 0 Å². The number of aliphatic hydroxyl groups is 19. The maximum Gasteiger partial charge on any atom is 0.340 e. The summed E-state index contributed by atoms with van der Waals surface area (Å²) < 4.78 is 91.2. The van der Waals surface area contributed by atoms with E-state index in [1.165, 1.54) is 32.9 Å². The summed E-state index contributed by atoms with van der Waals surface area (Å²) in [5, 5.41) is 215. The van der Waals surface area contributed by atoms with Crippen LogP contribution in [-0.2, 0) is 80.6 Å². The third-order valence-electron chi connectivity index (χ3n) is 28.9. The van der Waals surface area contributed by atoms with E-state index in [4.69, 9.17) is 76.8 Å². The van der Waals surface area contributed by atoms with Crippen LogP contribution in [0.25, 0.3) is 0 Å². The monoisotopic (exact) mass is 1690 g/mol. The van der Waals surface area contributed by atoms with Crippen LogP contribution in [0, 0.1) is 50.2 Å². The van der Waals surface area contributed by atoms with Crippen LogP contribution < -0.4 is 11.1 Å². The van der Waals surface area contributed by atoms with Crippen LogP contribution in [-0.4, -0.2) is 369 Å². The Morgan fingerprint density at radius 2 is 1.04 bits per heavy atom. The number of carbonyl (C=O) groups excluding carboxylic acids is 3. The summed E-state index contributed by atoms with van der Waals surface area (Å²) in [4.78, 5) is 44.1. The highest BCUT2D eigenvalue weighted by Crippen LogP contribution is 2.76. The fourth-order valence-electron chi connectivity index (χ4n) is 21.6. The number of nitrogens with one attached hydrogen (secondary N) is 1. The molecule has 39 nitrogen and oxygen atoms in total. The van der Waals surface area contributed by atoms with Crippen molar-refractivity contribution in [3.8, 4) is 0 Å². The Morgan fingerprint density at radius 3 is 1.67 bits per heavy atom. The molecular formula is C79H122N2O37. The minimum atomic E-state index is -2.23. The van der Waals surface area contributed by atoms with Gasteiger partial charge >= 0.3 is 11.9 Å². The summed E-state index contributed by atoms with van der Waals surface area (Å²) in [5.41, 5.74) is 1.27. The predicted octanol–water partition coefficient (Wildman–Crippen LogP) is -5.70. The van der Waals surface area contributed by atoms with Gasteiger partial charge in [-0.3, -0.25) is 9.59 Å². The molecule has 7 heterocycles. The number of ether oxygens (including phenoxy) is 15. The first-order valence-corrected chi connectivity index (χ1v) is 40.8. The standard InChI is InChI=1S/C79H122N2O37/c1-29-47(87)55(95)63(116-69-59(99)49(89)37(85)26-105-69)71(108-29)107-28-39-51(91)53(93)46(81-31(3)83)66(111-39)114-44-18-19-76(8)41(75(44,6)7)17-20-77(9)42(76)16-15-33-34-21-74(4,5)45(113-65(102)32-13-11-12-14-35(32)80)23-79(34,43(86)22-78(33,77)10)73(103)118-72-64(56(96)52(92)40(112-72)27-106-67-60(100)54(94)50(90)38(24-82)110-67)117-70-61(101)57(97)62(30(2)109-70)115-68-58(98)48(88)36(84)25-104-68/h11-15,29-30,34,36-64,66-72,82,84-101H,16-28,80H2,1-10H3,(H,81,83)/t29-,30+,34+,36-,37-,38-,39-,40-,41+,42-,43-,44+,45+,46-,47+,48+,49+,50-,51-,52-,53-,54+,55+,56+,57+,58-,59-,60-,61-,62+,63-,64-,66+,67-,68+,69+,70+,71-,72+,76+,77-,78-,79-/m1/s1. The van der Waals surface area contributed by atoms with Gasteiger partial charge in [-0.05, 0) is 110 Å². The zero-order chi connectivity index (χ0) is 86.0. The number of rotatable bonds is 20. The molecule has 0 bridgehead atoms. The molecule has 0 aromatic heterocycles. The maximum absolute atomic E-state index is 16.6. The number of amides is 1. The van der Waals surface area contributed by atoms with Crippen LogP contribution in [0.5, 0.6) is 0 Å². The molecule has 4 saturated carbocycles. The summed E-state index contributed by atoms with van der Waals surface area (Å²) >= 11 is 0. The molecule has 1 amide bonds. The lowest BCUT2D eigenvalue weighted by molar-refractivity contribution is -0.378. The van der Waals surface area contributed by atoms with Crippen LogP contribution in [0.4, 0.5) is 5.69 Å². The summed E-state index contributed by atoms with van der Waals surface area (Å²) in [6.07, 6.45) is -54.9. The van der Waals surface area contributed by atoms with Crippen molar-refractivity contribution in [2.45, 2.75) is 342 Å². The first-order valence-electron chi connectivity index (χ1n) is 40.8. The Morgan fingerprint density at radius 1 is 0.508 bits per heavy atom. The quantitative estimate of drug-likeness (QED) is 0.0250. The SMILES string of the molecule is CC(=O)N[C@H]1[C@H](O[C@H]2CC[C@]3(C)[C@H]4CC=C5[C@@H]6CC(C)(C)[C@@H](OC(=O)c7ccccc7N)C[C@]6(C(=O)O[C@@H]6O[C@H](CO[C@@H]7O[C@H](CO)[C@@H](O)[C@H](O)[C@H]7O)[C@@H](O)[C@H](O)[C@H]6O[C@@H]6O[C@@H](C)[C@H](O[C@@H]7OC[C@@H](O)[C@H](O)[C@H]7O)[C@@H](O)[C@H]6O)[C@H](O)C[C@@]5(C)[C@]4(C)CC[C@H]3C2(C)C)O[C@H](CO[C@@H]2O[C@H](C)[C@H](O)[C@H](O)[C@H]2O[C@@H]2OC[C@@H](O)[C@H](O)[C@H]2O)[C@@H](O)[C@@H]1O. The van der Waals surface area contributed by atoms with Crippen molar-refractivity contribution in [1.29, 1.82) is 0 Å². The van der Waals surface area contributed by atoms with Crippen LogP contribution in [0.2, 0.25) is 0 Å². The normalized spacial score (nSPS) is 50.7. The Balaban J connectivity index is 0.790. The van der Waals surface area contributed by atoms with Crippen molar-refractivity contribution < 1.29 is 182 Å². The highest BCUT2D eigenvalue weighted by atomic mass is 16.8. The Bertz CT molecular complexity index is 3680. The minimum Gasteiger partial charge on any atom is -0.458 e. The molecule has 7 aliphatic heterocycles.